The van der Waals surface area contributed by atoms with Crippen LogP contribution in [-0.4, -0.2) is 57.7 Å². The van der Waals surface area contributed by atoms with Crippen LogP contribution in [0.15, 0.2) is 16.9 Å². The van der Waals surface area contributed by atoms with Crippen molar-refractivity contribution < 1.29 is 33.3 Å². The number of amides is 1. The number of nitrogens with zero attached hydrogens (tertiary/aromatic N) is 2. The number of aromatic carboxylic acids is 1. The van der Waals surface area contributed by atoms with Crippen LogP contribution in [0.4, 0.5) is 19.3 Å². The van der Waals surface area contributed by atoms with Crippen molar-refractivity contribution in [2.75, 3.05) is 24.5 Å². The van der Waals surface area contributed by atoms with Gasteiger partial charge in [0, 0.05) is 25.2 Å². The number of anilines is 1. The molecule has 4 rings (SSSR count). The summed E-state index contributed by atoms with van der Waals surface area (Å²) in [5, 5.41) is 22.7. The minimum atomic E-state index is -1.47. The van der Waals surface area contributed by atoms with Crippen LogP contribution >= 0.6 is 0 Å². The Labute approximate surface area is 193 Å². The second-order valence-electron chi connectivity index (χ2n) is 9.97. The Morgan fingerprint density at radius 2 is 1.94 bits per heavy atom. The van der Waals surface area contributed by atoms with Gasteiger partial charge in [0.15, 0.2) is 11.2 Å². The summed E-state index contributed by atoms with van der Waals surface area (Å²) >= 11 is 0. The van der Waals surface area contributed by atoms with Crippen molar-refractivity contribution in [3.8, 4) is 0 Å². The van der Waals surface area contributed by atoms with Crippen LogP contribution in [0.3, 0.4) is 0 Å². The van der Waals surface area contributed by atoms with Crippen LogP contribution in [0.25, 0.3) is 10.9 Å². The number of hydrogen-bond donors (Lipinski definition) is 3. The van der Waals surface area contributed by atoms with Crippen molar-refractivity contribution in [2.24, 2.45) is 0 Å². The Bertz CT molecular complexity index is 1230. The molecule has 1 aliphatic carbocycles. The number of β-amino-alcohol motifs (C(OH)–C–C–N with tert-alkyl or cyclic N) is 1. The molecule has 0 radical (unpaired) electrons. The SMILES string of the molecule is CC(C)(C)OC(=O)NCC1(O)CCN(c2c(F)cc3c(=O)cc(C(=O)O)n(C4CC4)c3c2F)C1. The molecule has 1 aromatic carbocycles. The number of ether oxygens (including phenoxy) is 1. The van der Waals surface area contributed by atoms with E-state index in [1.807, 2.05) is 0 Å². The largest absolute Gasteiger partial charge is 0.477 e. The second kappa shape index (κ2) is 8.23. The normalized spacial score (nSPS) is 20.6. The summed E-state index contributed by atoms with van der Waals surface area (Å²) in [5.74, 6) is -3.41. The van der Waals surface area contributed by atoms with E-state index >= 15 is 8.78 Å². The average Bonchev–Trinajstić information content (AvgIpc) is 3.48. The molecule has 3 N–H and O–H groups in total. The number of carboxylic acid groups (broad SMARTS) is 1. The van der Waals surface area contributed by atoms with Gasteiger partial charge in [-0.1, -0.05) is 0 Å². The average molecular weight is 479 g/mol. The first-order chi connectivity index (χ1) is 15.8. The van der Waals surface area contributed by atoms with Gasteiger partial charge in [-0.2, -0.15) is 0 Å². The molecule has 34 heavy (non-hydrogen) atoms. The first-order valence-corrected chi connectivity index (χ1v) is 11.0. The number of pyridine rings is 1. The summed E-state index contributed by atoms with van der Waals surface area (Å²) < 4.78 is 37.3. The number of hydrogen-bond acceptors (Lipinski definition) is 6. The lowest BCUT2D eigenvalue weighted by Gasteiger charge is -2.27. The summed E-state index contributed by atoms with van der Waals surface area (Å²) in [7, 11) is 0. The zero-order valence-electron chi connectivity index (χ0n) is 19.2. The number of benzene rings is 1. The van der Waals surface area contributed by atoms with Crippen LogP contribution in [0, 0.1) is 11.6 Å². The molecule has 184 valence electrons. The van der Waals surface area contributed by atoms with Crippen molar-refractivity contribution in [3.05, 3.63) is 39.7 Å². The molecule has 9 nitrogen and oxygen atoms in total. The molecular weight excluding hydrogens is 452 g/mol. The van der Waals surface area contributed by atoms with Crippen LogP contribution in [0.2, 0.25) is 0 Å². The van der Waals surface area contributed by atoms with Gasteiger partial charge >= 0.3 is 12.1 Å². The van der Waals surface area contributed by atoms with Gasteiger partial charge in [0.05, 0.1) is 17.4 Å². The van der Waals surface area contributed by atoms with E-state index in [0.29, 0.717) is 12.8 Å². The first-order valence-electron chi connectivity index (χ1n) is 11.0. The van der Waals surface area contributed by atoms with Crippen molar-refractivity contribution in [1.29, 1.82) is 0 Å². The van der Waals surface area contributed by atoms with Gasteiger partial charge in [-0.25, -0.2) is 18.4 Å². The number of halogens is 2. The third-order valence-corrected chi connectivity index (χ3v) is 5.94. The Balaban J connectivity index is 1.68. The van der Waals surface area contributed by atoms with Crippen molar-refractivity contribution in [2.45, 2.75) is 57.3 Å². The number of fused-ring (bicyclic) bond motifs is 1. The Kier molecular flexibility index (Phi) is 5.79. The molecule has 1 unspecified atom stereocenters. The molecule has 1 aromatic heterocycles. The van der Waals surface area contributed by atoms with E-state index in [0.717, 1.165) is 12.1 Å². The van der Waals surface area contributed by atoms with Crippen LogP contribution < -0.4 is 15.6 Å². The first kappa shape index (κ1) is 23.9. The summed E-state index contributed by atoms with van der Waals surface area (Å²) in [5.41, 5.74) is -4.03. The molecule has 1 saturated carbocycles. The molecule has 1 amide bonds. The molecule has 0 spiro atoms. The Hall–Kier alpha value is -3.21. The topological polar surface area (TPSA) is 121 Å². The third-order valence-electron chi connectivity index (χ3n) is 5.94. The predicted octanol–water partition coefficient (Wildman–Crippen LogP) is 2.78. The lowest BCUT2D eigenvalue weighted by molar-refractivity contribution is 0.0344. The highest BCUT2D eigenvalue weighted by Crippen LogP contribution is 2.41. The molecule has 1 aliphatic heterocycles. The number of carboxylic acids is 1. The minimum Gasteiger partial charge on any atom is -0.477 e. The lowest BCUT2D eigenvalue weighted by Crippen LogP contribution is -2.46. The predicted molar refractivity (Wildman–Crippen MR) is 119 cm³/mol. The number of aliphatic hydroxyl groups is 1. The molecule has 11 heteroatoms. The van der Waals surface area contributed by atoms with Crippen LogP contribution in [0.5, 0.6) is 0 Å². The Morgan fingerprint density at radius 3 is 2.53 bits per heavy atom. The van der Waals surface area contributed by atoms with Gasteiger partial charge < -0.3 is 29.7 Å². The molecule has 1 atom stereocenters. The quantitative estimate of drug-likeness (QED) is 0.603. The van der Waals surface area contributed by atoms with E-state index in [9.17, 15) is 24.6 Å². The van der Waals surface area contributed by atoms with Gasteiger partial charge in [-0.3, -0.25) is 4.79 Å². The second-order valence-corrected chi connectivity index (χ2v) is 9.97. The van der Waals surface area contributed by atoms with E-state index in [1.165, 1.54) is 9.47 Å². The van der Waals surface area contributed by atoms with Gasteiger partial charge in [-0.05, 0) is 46.1 Å². The fourth-order valence-electron chi connectivity index (χ4n) is 4.32. The van der Waals surface area contributed by atoms with Gasteiger partial charge in [0.2, 0.25) is 0 Å². The third kappa shape index (κ3) is 4.56. The van der Waals surface area contributed by atoms with Crippen molar-refractivity contribution in [3.63, 3.8) is 0 Å². The maximum absolute atomic E-state index is 15.8. The maximum Gasteiger partial charge on any atom is 0.407 e. The van der Waals surface area contributed by atoms with Crippen molar-refractivity contribution in [1.82, 2.24) is 9.88 Å². The monoisotopic (exact) mass is 479 g/mol. The highest BCUT2D eigenvalue weighted by molar-refractivity contribution is 5.92. The van der Waals surface area contributed by atoms with Crippen molar-refractivity contribution >= 4 is 28.7 Å². The van der Waals surface area contributed by atoms with Gasteiger partial charge in [0.25, 0.3) is 0 Å². The number of rotatable bonds is 5. The number of nitrogens with one attached hydrogen (secondary N) is 1. The van der Waals surface area contributed by atoms with Crippen LogP contribution in [0.1, 0.15) is 56.6 Å². The van der Waals surface area contributed by atoms with E-state index in [2.05, 4.69) is 5.32 Å². The fraction of sp³-hybridized carbons (Fsp3) is 0.522. The number of carbonyl (C=O) groups excluding carboxylic acids is 1. The fourth-order valence-corrected chi connectivity index (χ4v) is 4.32. The zero-order valence-corrected chi connectivity index (χ0v) is 19.2. The summed E-state index contributed by atoms with van der Waals surface area (Å²) in [4.78, 5) is 37.4. The highest BCUT2D eigenvalue weighted by Gasteiger charge is 2.40. The molecule has 0 bridgehead atoms. The van der Waals surface area contributed by atoms with Gasteiger partial charge in [-0.15, -0.1) is 0 Å². The molecule has 1 saturated heterocycles. The molecule has 2 aromatic rings. The molecule has 2 fully saturated rings. The van der Waals surface area contributed by atoms with Gasteiger partial charge in [0.1, 0.15) is 28.4 Å². The number of aromatic nitrogens is 1. The molecule has 2 aliphatic rings. The molecule has 2 heterocycles. The zero-order chi connectivity index (χ0) is 25.0. The number of alkyl carbamates (subject to hydrolysis) is 1. The maximum atomic E-state index is 15.8. The summed E-state index contributed by atoms with van der Waals surface area (Å²) in [6.45, 7) is 4.79. The lowest BCUT2D eigenvalue weighted by atomic mass is 10.0. The van der Waals surface area contributed by atoms with E-state index in [4.69, 9.17) is 4.74 Å². The standard InChI is InChI=1S/C23H27F2N3O6/c1-22(2,3)34-21(32)26-10-23(33)6-7-27(11-23)19-14(24)8-13-16(29)9-15(20(30)31)28(12-4-5-12)18(13)17(19)25/h8-9,12,33H,4-7,10-11H2,1-3H3,(H,26,32)(H,30,31). The summed E-state index contributed by atoms with van der Waals surface area (Å²) in [6.07, 6.45) is 0.621. The Morgan fingerprint density at radius 1 is 1.26 bits per heavy atom. The molecular formula is C23H27F2N3O6. The highest BCUT2D eigenvalue weighted by atomic mass is 19.1. The minimum absolute atomic E-state index is 0.0815. The van der Waals surface area contributed by atoms with Crippen LogP contribution in [-0.2, 0) is 4.74 Å². The van der Waals surface area contributed by atoms with E-state index < -0.39 is 46.0 Å². The van der Waals surface area contributed by atoms with E-state index in [1.54, 1.807) is 20.8 Å². The summed E-state index contributed by atoms with van der Waals surface area (Å²) in [6, 6.07) is 1.51. The number of carbonyl (C=O) groups is 2. The smallest absolute Gasteiger partial charge is 0.407 e. The van der Waals surface area contributed by atoms with E-state index in [-0.39, 0.29) is 48.7 Å².